The zero-order valence-corrected chi connectivity index (χ0v) is 17.6. The predicted octanol–water partition coefficient (Wildman–Crippen LogP) is 4.16. The topological polar surface area (TPSA) is 67.4 Å². The van der Waals surface area contributed by atoms with Crippen LogP contribution in [-0.2, 0) is 16.0 Å². The van der Waals surface area contributed by atoms with Gasteiger partial charge in [0.25, 0.3) is 0 Å². The lowest BCUT2D eigenvalue weighted by Gasteiger charge is -2.16. The van der Waals surface area contributed by atoms with Gasteiger partial charge in [-0.3, -0.25) is 9.59 Å². The van der Waals surface area contributed by atoms with E-state index in [0.717, 1.165) is 27.6 Å². The van der Waals surface area contributed by atoms with Crippen molar-refractivity contribution in [3.63, 3.8) is 0 Å². The summed E-state index contributed by atoms with van der Waals surface area (Å²) < 4.78 is 5.64. The Morgan fingerprint density at radius 1 is 0.867 bits per heavy atom. The Balaban J connectivity index is 1.49. The smallest absolute Gasteiger partial charge is 0.239 e. The highest BCUT2D eigenvalue weighted by Crippen LogP contribution is 2.19. The lowest BCUT2D eigenvalue weighted by atomic mass is 10.0. The molecule has 0 bridgehead atoms. The molecule has 5 nitrogen and oxygen atoms in total. The molecule has 0 radical (unpaired) electrons. The Bertz CT molecular complexity index is 1010. The van der Waals surface area contributed by atoms with Crippen molar-refractivity contribution < 1.29 is 14.3 Å². The van der Waals surface area contributed by atoms with E-state index in [1.165, 1.54) is 0 Å². The number of hydrogen-bond acceptors (Lipinski definition) is 3. The van der Waals surface area contributed by atoms with Crippen molar-refractivity contribution in [3.05, 3.63) is 77.9 Å². The number of fused-ring (bicyclic) bond motifs is 1. The third kappa shape index (κ3) is 5.83. The number of carbonyl (C=O) groups excluding carboxylic acids is 2. The van der Waals surface area contributed by atoms with Crippen molar-refractivity contribution in [1.82, 2.24) is 10.6 Å². The fraction of sp³-hybridized carbons (Fsp3) is 0.280. The summed E-state index contributed by atoms with van der Waals surface area (Å²) in [6.07, 6.45) is 0.354. The Labute approximate surface area is 177 Å². The number of amides is 2. The number of nitrogens with one attached hydrogen (secondary N) is 2. The van der Waals surface area contributed by atoms with Crippen molar-refractivity contribution in [1.29, 1.82) is 0 Å². The van der Waals surface area contributed by atoms with Crippen molar-refractivity contribution in [2.24, 2.45) is 0 Å². The molecule has 1 atom stereocenters. The van der Waals surface area contributed by atoms with Gasteiger partial charge >= 0.3 is 0 Å². The van der Waals surface area contributed by atoms with E-state index in [1.807, 2.05) is 87.5 Å². The SMILES string of the molecule is CC(C)Oc1ccc(C(C)NC(=O)CNC(=O)Cc2cccc3ccccc23)cc1. The number of carbonyl (C=O) groups is 2. The molecule has 3 aromatic carbocycles. The van der Waals surface area contributed by atoms with Gasteiger partial charge in [-0.15, -0.1) is 0 Å². The van der Waals surface area contributed by atoms with Crippen LogP contribution in [0.3, 0.4) is 0 Å². The second-order valence-electron chi connectivity index (χ2n) is 7.62. The minimum absolute atomic E-state index is 0.0531. The Morgan fingerprint density at radius 3 is 2.30 bits per heavy atom. The second kappa shape index (κ2) is 9.92. The minimum Gasteiger partial charge on any atom is -0.491 e. The molecule has 0 heterocycles. The first-order valence-corrected chi connectivity index (χ1v) is 10.2. The van der Waals surface area contributed by atoms with E-state index in [0.29, 0.717) is 0 Å². The molecule has 2 N–H and O–H groups in total. The molecular formula is C25H28N2O3. The van der Waals surface area contributed by atoms with Crippen LogP contribution in [0.2, 0.25) is 0 Å². The first kappa shape index (κ1) is 21.4. The van der Waals surface area contributed by atoms with Crippen LogP contribution in [0.5, 0.6) is 5.75 Å². The molecule has 0 aliphatic rings. The van der Waals surface area contributed by atoms with E-state index in [2.05, 4.69) is 10.6 Å². The van der Waals surface area contributed by atoms with Crippen molar-refractivity contribution in [3.8, 4) is 5.75 Å². The fourth-order valence-corrected chi connectivity index (χ4v) is 3.34. The third-order valence-corrected chi connectivity index (χ3v) is 4.81. The van der Waals surface area contributed by atoms with E-state index >= 15 is 0 Å². The predicted molar refractivity (Wildman–Crippen MR) is 119 cm³/mol. The summed E-state index contributed by atoms with van der Waals surface area (Å²) >= 11 is 0. The molecule has 0 fully saturated rings. The van der Waals surface area contributed by atoms with Gasteiger partial charge in [0.2, 0.25) is 11.8 Å². The average molecular weight is 405 g/mol. The van der Waals surface area contributed by atoms with Crippen LogP contribution in [0.4, 0.5) is 0 Å². The van der Waals surface area contributed by atoms with Gasteiger partial charge in [-0.2, -0.15) is 0 Å². The average Bonchev–Trinajstić information content (AvgIpc) is 2.72. The van der Waals surface area contributed by atoms with Gasteiger partial charge in [-0.25, -0.2) is 0 Å². The third-order valence-electron chi connectivity index (χ3n) is 4.81. The standard InChI is InChI=1S/C25H28N2O3/c1-17(2)30-22-13-11-19(12-14-22)18(3)27-25(29)16-26-24(28)15-21-9-6-8-20-7-4-5-10-23(20)21/h4-14,17-18H,15-16H2,1-3H3,(H,26,28)(H,27,29). The molecule has 0 saturated heterocycles. The molecule has 3 aromatic rings. The van der Waals surface area contributed by atoms with Crippen LogP contribution >= 0.6 is 0 Å². The largest absolute Gasteiger partial charge is 0.491 e. The summed E-state index contributed by atoms with van der Waals surface area (Å²) in [5.41, 5.74) is 1.92. The Kier molecular flexibility index (Phi) is 7.07. The van der Waals surface area contributed by atoms with E-state index in [-0.39, 0.29) is 36.9 Å². The zero-order valence-electron chi connectivity index (χ0n) is 17.6. The summed E-state index contributed by atoms with van der Waals surface area (Å²) in [5, 5.41) is 7.77. The van der Waals surface area contributed by atoms with Crippen LogP contribution in [-0.4, -0.2) is 24.5 Å². The quantitative estimate of drug-likeness (QED) is 0.592. The van der Waals surface area contributed by atoms with E-state index in [9.17, 15) is 9.59 Å². The van der Waals surface area contributed by atoms with Gasteiger partial charge < -0.3 is 15.4 Å². The molecule has 30 heavy (non-hydrogen) atoms. The lowest BCUT2D eigenvalue weighted by Crippen LogP contribution is -2.38. The zero-order chi connectivity index (χ0) is 21.5. The normalized spacial score (nSPS) is 11.9. The molecule has 0 aromatic heterocycles. The molecule has 0 saturated carbocycles. The van der Waals surface area contributed by atoms with Crippen LogP contribution in [0.1, 0.15) is 37.9 Å². The Morgan fingerprint density at radius 2 is 1.57 bits per heavy atom. The summed E-state index contributed by atoms with van der Waals surface area (Å²) in [6, 6.07) is 21.3. The first-order valence-electron chi connectivity index (χ1n) is 10.2. The summed E-state index contributed by atoms with van der Waals surface area (Å²) in [7, 11) is 0. The van der Waals surface area contributed by atoms with Gasteiger partial charge in [-0.1, -0.05) is 54.6 Å². The highest BCUT2D eigenvalue weighted by Gasteiger charge is 2.12. The molecule has 156 valence electrons. The molecule has 5 heteroatoms. The minimum atomic E-state index is -0.226. The molecule has 0 aliphatic carbocycles. The van der Waals surface area contributed by atoms with Crippen LogP contribution < -0.4 is 15.4 Å². The van der Waals surface area contributed by atoms with Crippen LogP contribution in [0.15, 0.2) is 66.7 Å². The maximum Gasteiger partial charge on any atom is 0.239 e. The van der Waals surface area contributed by atoms with Gasteiger partial charge in [0, 0.05) is 0 Å². The highest BCUT2D eigenvalue weighted by atomic mass is 16.5. The molecular weight excluding hydrogens is 376 g/mol. The monoisotopic (exact) mass is 404 g/mol. The van der Waals surface area contributed by atoms with E-state index in [1.54, 1.807) is 0 Å². The molecule has 3 rings (SSSR count). The maximum atomic E-state index is 12.3. The highest BCUT2D eigenvalue weighted by molar-refractivity contribution is 5.91. The van der Waals surface area contributed by atoms with Crippen molar-refractivity contribution in [2.75, 3.05) is 6.54 Å². The first-order chi connectivity index (χ1) is 14.4. The number of benzene rings is 3. The maximum absolute atomic E-state index is 12.3. The summed E-state index contributed by atoms with van der Waals surface area (Å²) in [6.45, 7) is 5.81. The van der Waals surface area contributed by atoms with Gasteiger partial charge in [-0.05, 0) is 54.8 Å². The number of rotatable bonds is 8. The molecule has 2 amide bonds. The summed E-state index contributed by atoms with van der Waals surface area (Å²) in [4.78, 5) is 24.6. The summed E-state index contributed by atoms with van der Waals surface area (Å²) in [5.74, 6) is 0.397. The number of ether oxygens (including phenoxy) is 1. The van der Waals surface area contributed by atoms with Crippen LogP contribution in [0.25, 0.3) is 10.8 Å². The molecule has 1 unspecified atom stereocenters. The van der Waals surface area contributed by atoms with E-state index < -0.39 is 0 Å². The van der Waals surface area contributed by atoms with E-state index in [4.69, 9.17) is 4.74 Å². The van der Waals surface area contributed by atoms with Gasteiger partial charge in [0.1, 0.15) is 5.75 Å². The fourth-order valence-electron chi connectivity index (χ4n) is 3.34. The van der Waals surface area contributed by atoms with Crippen LogP contribution in [0, 0.1) is 0 Å². The lowest BCUT2D eigenvalue weighted by molar-refractivity contribution is -0.126. The van der Waals surface area contributed by atoms with Crippen molar-refractivity contribution in [2.45, 2.75) is 39.3 Å². The number of hydrogen-bond donors (Lipinski definition) is 2. The molecule has 0 aliphatic heterocycles. The van der Waals surface area contributed by atoms with Crippen molar-refractivity contribution >= 4 is 22.6 Å². The van der Waals surface area contributed by atoms with Gasteiger partial charge in [0.05, 0.1) is 25.1 Å². The van der Waals surface area contributed by atoms with Gasteiger partial charge in [0.15, 0.2) is 0 Å². The Hall–Kier alpha value is -3.34. The molecule has 0 spiro atoms. The second-order valence-corrected chi connectivity index (χ2v) is 7.62.